The largest absolute Gasteiger partial charge is 0.480 e. The number of carboxylic acids is 1. The van der Waals surface area contributed by atoms with Crippen LogP contribution in [-0.2, 0) is 9.53 Å². The lowest BCUT2D eigenvalue weighted by atomic mass is 10.2. The summed E-state index contributed by atoms with van der Waals surface area (Å²) in [5, 5.41) is 11.0. The Morgan fingerprint density at radius 3 is 2.93 bits per heavy atom. The maximum atomic E-state index is 10.6. The zero-order valence-electron chi connectivity index (χ0n) is 7.93. The van der Waals surface area contributed by atoms with Crippen molar-refractivity contribution in [2.45, 2.75) is 19.1 Å². The molecule has 0 amide bonds. The molecular weight excluding hydrogens is 204 g/mol. The van der Waals surface area contributed by atoms with E-state index in [2.05, 4.69) is 4.98 Å². The van der Waals surface area contributed by atoms with Crippen LogP contribution in [0.2, 0.25) is 0 Å². The van der Waals surface area contributed by atoms with Gasteiger partial charge in [0.2, 0.25) is 0 Å². The molecule has 0 fully saturated rings. The maximum Gasteiger partial charge on any atom is 0.326 e. The minimum absolute atomic E-state index is 0.130. The molecule has 14 heavy (non-hydrogen) atoms. The predicted molar refractivity (Wildman–Crippen MR) is 52.1 cm³/mol. The minimum atomic E-state index is -1.08. The van der Waals surface area contributed by atoms with Gasteiger partial charge >= 0.3 is 5.97 Å². The first kappa shape index (κ1) is 11.1. The van der Waals surface area contributed by atoms with Crippen molar-refractivity contribution >= 4 is 17.3 Å². The highest BCUT2D eigenvalue weighted by atomic mass is 32.1. The minimum Gasteiger partial charge on any atom is -0.480 e. The number of hydrogen-bond acceptors (Lipinski definition) is 5. The zero-order chi connectivity index (χ0) is 10.7. The Balaban J connectivity index is 2.82. The summed E-state index contributed by atoms with van der Waals surface area (Å²) in [6.07, 6.45) is -0.130. The second kappa shape index (κ2) is 4.50. The van der Waals surface area contributed by atoms with Crippen molar-refractivity contribution in [2.24, 2.45) is 5.73 Å². The van der Waals surface area contributed by atoms with Gasteiger partial charge in [0.1, 0.15) is 17.2 Å². The van der Waals surface area contributed by atoms with E-state index in [1.54, 1.807) is 12.5 Å². The molecule has 5 nitrogen and oxygen atoms in total. The van der Waals surface area contributed by atoms with Gasteiger partial charge in [-0.2, -0.15) is 0 Å². The van der Waals surface area contributed by atoms with Crippen LogP contribution in [0.15, 0.2) is 5.38 Å². The van der Waals surface area contributed by atoms with Crippen LogP contribution in [0, 0.1) is 0 Å². The van der Waals surface area contributed by atoms with Gasteiger partial charge in [-0.05, 0) is 6.92 Å². The lowest BCUT2D eigenvalue weighted by Gasteiger charge is -2.04. The third kappa shape index (κ3) is 2.28. The third-order valence-corrected chi connectivity index (χ3v) is 2.85. The van der Waals surface area contributed by atoms with Crippen LogP contribution in [0.3, 0.4) is 0 Å². The number of hydrogen-bond donors (Lipinski definition) is 2. The second-order valence-electron chi connectivity index (χ2n) is 2.80. The number of nitrogens with zero attached hydrogens (tertiary/aromatic N) is 1. The fourth-order valence-corrected chi connectivity index (χ4v) is 1.74. The Bertz CT molecular complexity index is 326. The molecule has 0 aromatic carbocycles. The maximum absolute atomic E-state index is 10.6. The Labute approximate surface area is 85.5 Å². The van der Waals surface area contributed by atoms with E-state index in [0.717, 1.165) is 5.01 Å². The summed E-state index contributed by atoms with van der Waals surface area (Å²) in [5.74, 6) is -1.08. The summed E-state index contributed by atoms with van der Waals surface area (Å²) in [6, 6.07) is -1.05. The number of aromatic nitrogens is 1. The van der Waals surface area contributed by atoms with Crippen molar-refractivity contribution in [3.8, 4) is 0 Å². The van der Waals surface area contributed by atoms with Gasteiger partial charge in [0.25, 0.3) is 0 Å². The van der Waals surface area contributed by atoms with E-state index in [1.807, 2.05) is 6.92 Å². The molecule has 0 saturated carbocycles. The van der Waals surface area contributed by atoms with Crippen molar-refractivity contribution in [3.63, 3.8) is 0 Å². The van der Waals surface area contributed by atoms with Crippen molar-refractivity contribution in [1.82, 2.24) is 4.98 Å². The van der Waals surface area contributed by atoms with Crippen LogP contribution in [0.5, 0.6) is 0 Å². The van der Waals surface area contributed by atoms with E-state index in [0.29, 0.717) is 5.69 Å². The average molecular weight is 216 g/mol. The van der Waals surface area contributed by atoms with E-state index >= 15 is 0 Å². The molecule has 0 aliphatic rings. The molecule has 0 bridgehead atoms. The van der Waals surface area contributed by atoms with Crippen molar-refractivity contribution in [1.29, 1.82) is 0 Å². The number of methoxy groups -OCH3 is 1. The highest BCUT2D eigenvalue weighted by Crippen LogP contribution is 2.22. The second-order valence-corrected chi connectivity index (χ2v) is 3.69. The first-order valence-corrected chi connectivity index (χ1v) is 4.90. The van der Waals surface area contributed by atoms with E-state index in [-0.39, 0.29) is 6.10 Å². The van der Waals surface area contributed by atoms with Gasteiger partial charge in [-0.1, -0.05) is 0 Å². The molecule has 78 valence electrons. The van der Waals surface area contributed by atoms with Gasteiger partial charge < -0.3 is 15.6 Å². The van der Waals surface area contributed by atoms with Crippen LogP contribution in [0.4, 0.5) is 0 Å². The van der Waals surface area contributed by atoms with Crippen LogP contribution >= 0.6 is 11.3 Å². The summed E-state index contributed by atoms with van der Waals surface area (Å²) >= 11 is 1.35. The van der Waals surface area contributed by atoms with Gasteiger partial charge in [0.15, 0.2) is 0 Å². The quantitative estimate of drug-likeness (QED) is 0.782. The van der Waals surface area contributed by atoms with Crippen LogP contribution in [-0.4, -0.2) is 23.2 Å². The van der Waals surface area contributed by atoms with E-state index < -0.39 is 12.0 Å². The molecular formula is C8H12N2O3S. The third-order valence-electron chi connectivity index (χ3n) is 1.83. The van der Waals surface area contributed by atoms with Crippen LogP contribution in [0.1, 0.15) is 29.8 Å². The summed E-state index contributed by atoms with van der Waals surface area (Å²) in [4.78, 5) is 14.6. The van der Waals surface area contributed by atoms with Gasteiger partial charge in [0.05, 0.1) is 5.69 Å². The average Bonchev–Trinajstić information content (AvgIpc) is 2.64. The van der Waals surface area contributed by atoms with E-state index in [1.165, 1.54) is 11.3 Å². The number of carbonyl (C=O) groups is 1. The standard InChI is InChI=1S/C8H12N2O3S/c1-4(13-2)7-10-5(3-14-7)6(9)8(11)12/h3-4,6H,9H2,1-2H3,(H,11,12). The summed E-state index contributed by atoms with van der Waals surface area (Å²) in [5.41, 5.74) is 5.77. The molecule has 1 heterocycles. The van der Waals surface area contributed by atoms with Gasteiger partial charge in [-0.15, -0.1) is 11.3 Å². The zero-order valence-corrected chi connectivity index (χ0v) is 8.75. The number of ether oxygens (including phenoxy) is 1. The van der Waals surface area contributed by atoms with Gasteiger partial charge in [0, 0.05) is 12.5 Å². The Hall–Kier alpha value is -0.980. The molecule has 0 aliphatic heterocycles. The van der Waals surface area contributed by atoms with Crippen molar-refractivity contribution in [2.75, 3.05) is 7.11 Å². The summed E-state index contributed by atoms with van der Waals surface area (Å²) < 4.78 is 5.05. The number of nitrogens with two attached hydrogens (primary N) is 1. The van der Waals surface area contributed by atoms with E-state index in [4.69, 9.17) is 15.6 Å². The molecule has 2 atom stereocenters. The molecule has 1 rings (SSSR count). The summed E-state index contributed by atoms with van der Waals surface area (Å²) in [7, 11) is 1.57. The van der Waals surface area contributed by atoms with Gasteiger partial charge in [-0.25, -0.2) is 4.98 Å². The molecule has 0 saturated heterocycles. The Morgan fingerprint density at radius 2 is 2.43 bits per heavy atom. The molecule has 1 aromatic rings. The number of carboxylic acid groups (broad SMARTS) is 1. The number of rotatable bonds is 4. The molecule has 0 spiro atoms. The number of thiazole rings is 1. The van der Waals surface area contributed by atoms with Crippen molar-refractivity contribution in [3.05, 3.63) is 16.1 Å². The van der Waals surface area contributed by atoms with Crippen LogP contribution in [0.25, 0.3) is 0 Å². The molecule has 1 aromatic heterocycles. The molecule has 0 aliphatic carbocycles. The number of aliphatic carboxylic acids is 1. The summed E-state index contributed by atoms with van der Waals surface area (Å²) in [6.45, 7) is 1.84. The highest BCUT2D eigenvalue weighted by molar-refractivity contribution is 7.09. The normalized spacial score (nSPS) is 15.1. The first-order valence-electron chi connectivity index (χ1n) is 4.02. The molecule has 6 heteroatoms. The fraction of sp³-hybridized carbons (Fsp3) is 0.500. The van der Waals surface area contributed by atoms with E-state index in [9.17, 15) is 4.79 Å². The monoisotopic (exact) mass is 216 g/mol. The lowest BCUT2D eigenvalue weighted by Crippen LogP contribution is -2.21. The topological polar surface area (TPSA) is 85.4 Å². The first-order chi connectivity index (χ1) is 6.56. The Kier molecular flexibility index (Phi) is 3.56. The smallest absolute Gasteiger partial charge is 0.326 e. The Morgan fingerprint density at radius 1 is 1.79 bits per heavy atom. The lowest BCUT2D eigenvalue weighted by molar-refractivity contribution is -0.138. The van der Waals surface area contributed by atoms with Crippen molar-refractivity contribution < 1.29 is 14.6 Å². The SMILES string of the molecule is COC(C)c1nc(C(N)C(=O)O)cs1. The predicted octanol–water partition coefficient (Wildman–Crippen LogP) is 0.935. The fourth-order valence-electron chi connectivity index (χ4n) is 0.858. The van der Waals surface area contributed by atoms with Gasteiger partial charge in [-0.3, -0.25) is 4.79 Å². The van der Waals surface area contributed by atoms with Crippen LogP contribution < -0.4 is 5.73 Å². The highest BCUT2D eigenvalue weighted by Gasteiger charge is 2.19. The molecule has 2 unspecified atom stereocenters. The molecule has 3 N–H and O–H groups in total. The molecule has 0 radical (unpaired) electrons.